The molecule has 0 fully saturated rings. The van der Waals surface area contributed by atoms with Crippen LogP contribution in [0.2, 0.25) is 0 Å². The van der Waals surface area contributed by atoms with Crippen LogP contribution < -0.4 is 4.74 Å². The maximum absolute atomic E-state index is 5.63. The molecule has 0 saturated heterocycles. The molecule has 0 aliphatic heterocycles. The first-order chi connectivity index (χ1) is 10.3. The van der Waals surface area contributed by atoms with Crippen LogP contribution in [-0.4, -0.2) is 12.3 Å². The zero-order valence-electron chi connectivity index (χ0n) is 14.1. The van der Waals surface area contributed by atoms with E-state index >= 15 is 0 Å². The molecule has 0 aliphatic carbocycles. The molecule has 0 unspecified atom stereocenters. The fourth-order valence-electron chi connectivity index (χ4n) is 2.10. The lowest BCUT2D eigenvalue weighted by Crippen LogP contribution is -2.10. The van der Waals surface area contributed by atoms with Crippen molar-refractivity contribution in [3.8, 4) is 5.75 Å². The Morgan fingerprint density at radius 2 is 1.50 bits per heavy atom. The molecule has 2 heteroatoms. The van der Waals surface area contributed by atoms with Crippen molar-refractivity contribution in [2.75, 3.05) is 0 Å². The molecule has 0 heterocycles. The van der Waals surface area contributed by atoms with Crippen molar-refractivity contribution >= 4 is 11.9 Å². The summed E-state index contributed by atoms with van der Waals surface area (Å²) in [6, 6.07) is 16.4. The Hall–Kier alpha value is -2.09. The van der Waals surface area contributed by atoms with Gasteiger partial charge < -0.3 is 4.74 Å². The van der Waals surface area contributed by atoms with Gasteiger partial charge in [-0.15, -0.1) is 0 Å². The van der Waals surface area contributed by atoms with Gasteiger partial charge in [-0.25, -0.2) is 0 Å². The zero-order chi connectivity index (χ0) is 16.2. The van der Waals surface area contributed by atoms with E-state index in [2.05, 4.69) is 50.0 Å². The van der Waals surface area contributed by atoms with E-state index in [1.165, 1.54) is 5.56 Å². The summed E-state index contributed by atoms with van der Waals surface area (Å²) in [7, 11) is 0. The predicted octanol–water partition coefficient (Wildman–Crippen LogP) is 5.52. The number of rotatable bonds is 4. The Morgan fingerprint density at radius 1 is 0.909 bits per heavy atom. The Labute approximate surface area is 133 Å². The average Bonchev–Trinajstić information content (AvgIpc) is 2.45. The van der Waals surface area contributed by atoms with E-state index in [-0.39, 0.29) is 11.5 Å². The van der Waals surface area contributed by atoms with E-state index in [4.69, 9.17) is 4.74 Å². The molecular weight excluding hydrogens is 270 g/mol. The van der Waals surface area contributed by atoms with Crippen molar-refractivity contribution in [3.05, 3.63) is 59.7 Å². The maximum Gasteiger partial charge on any atom is 0.119 e. The lowest BCUT2D eigenvalue weighted by Gasteiger charge is -2.18. The molecule has 2 nitrogen and oxygen atoms in total. The Kier molecular flexibility index (Phi) is 5.02. The minimum absolute atomic E-state index is 0.175. The van der Waals surface area contributed by atoms with Crippen LogP contribution >= 0.6 is 0 Å². The Morgan fingerprint density at radius 3 is 2.00 bits per heavy atom. The SMILES string of the molecule is CC(C)Oc1ccc(C=Nc2ccc(C(C)(C)C)cc2)cc1. The third-order valence-corrected chi connectivity index (χ3v) is 3.35. The number of ether oxygens (including phenoxy) is 1. The monoisotopic (exact) mass is 295 g/mol. The molecule has 0 bridgehead atoms. The largest absolute Gasteiger partial charge is 0.491 e. The normalized spacial score (nSPS) is 12.1. The van der Waals surface area contributed by atoms with E-state index in [0.29, 0.717) is 0 Å². The van der Waals surface area contributed by atoms with Crippen molar-refractivity contribution < 1.29 is 4.74 Å². The topological polar surface area (TPSA) is 21.6 Å². The summed E-state index contributed by atoms with van der Waals surface area (Å²) in [6.45, 7) is 10.7. The second-order valence-corrected chi connectivity index (χ2v) is 6.79. The third kappa shape index (κ3) is 4.73. The second-order valence-electron chi connectivity index (χ2n) is 6.79. The lowest BCUT2D eigenvalue weighted by atomic mass is 9.87. The van der Waals surface area contributed by atoms with Crippen molar-refractivity contribution in [1.82, 2.24) is 0 Å². The van der Waals surface area contributed by atoms with E-state index in [1.807, 2.05) is 44.3 Å². The first-order valence-electron chi connectivity index (χ1n) is 7.76. The standard InChI is InChI=1S/C20H25NO/c1-15(2)22-19-12-6-16(7-13-19)14-21-18-10-8-17(9-11-18)20(3,4)5/h6-15H,1-5H3. The van der Waals surface area contributed by atoms with Gasteiger partial charge in [-0.3, -0.25) is 4.99 Å². The minimum Gasteiger partial charge on any atom is -0.491 e. The van der Waals surface area contributed by atoms with Gasteiger partial charge in [0, 0.05) is 6.21 Å². The van der Waals surface area contributed by atoms with Gasteiger partial charge in [0.15, 0.2) is 0 Å². The van der Waals surface area contributed by atoms with E-state index < -0.39 is 0 Å². The summed E-state index contributed by atoms with van der Waals surface area (Å²) < 4.78 is 5.63. The highest BCUT2D eigenvalue weighted by molar-refractivity contribution is 5.82. The molecule has 0 spiro atoms. The predicted molar refractivity (Wildman–Crippen MR) is 94.6 cm³/mol. The van der Waals surface area contributed by atoms with Crippen molar-refractivity contribution in [2.24, 2.45) is 4.99 Å². The first kappa shape index (κ1) is 16.3. The summed E-state index contributed by atoms with van der Waals surface area (Å²) in [4.78, 5) is 4.52. The molecule has 116 valence electrons. The van der Waals surface area contributed by atoms with Gasteiger partial charge in [0.25, 0.3) is 0 Å². The maximum atomic E-state index is 5.63. The highest BCUT2D eigenvalue weighted by atomic mass is 16.5. The van der Waals surface area contributed by atoms with Crippen LogP contribution in [0.25, 0.3) is 0 Å². The Bertz CT molecular complexity index is 616. The van der Waals surface area contributed by atoms with E-state index in [1.54, 1.807) is 0 Å². The van der Waals surface area contributed by atoms with Crippen LogP contribution in [0.1, 0.15) is 45.7 Å². The lowest BCUT2D eigenvalue weighted by molar-refractivity contribution is 0.242. The molecule has 22 heavy (non-hydrogen) atoms. The van der Waals surface area contributed by atoms with Crippen LogP contribution in [0.4, 0.5) is 5.69 Å². The van der Waals surface area contributed by atoms with Gasteiger partial charge in [-0.2, -0.15) is 0 Å². The van der Waals surface area contributed by atoms with Crippen molar-refractivity contribution in [1.29, 1.82) is 0 Å². The molecule has 0 saturated carbocycles. The molecular formula is C20H25NO. The molecule has 0 aromatic heterocycles. The molecule has 0 radical (unpaired) electrons. The van der Waals surface area contributed by atoms with Gasteiger partial charge in [-0.1, -0.05) is 32.9 Å². The summed E-state index contributed by atoms with van der Waals surface area (Å²) in [6.07, 6.45) is 2.08. The van der Waals surface area contributed by atoms with Crippen molar-refractivity contribution in [2.45, 2.75) is 46.1 Å². The quantitative estimate of drug-likeness (QED) is 0.680. The summed E-state index contributed by atoms with van der Waals surface area (Å²) >= 11 is 0. The van der Waals surface area contributed by atoms with Gasteiger partial charge in [0.05, 0.1) is 11.8 Å². The fourth-order valence-corrected chi connectivity index (χ4v) is 2.10. The molecule has 0 amide bonds. The van der Waals surface area contributed by atoms with Gasteiger partial charge in [-0.05, 0) is 66.8 Å². The average molecular weight is 295 g/mol. The number of benzene rings is 2. The molecule has 2 aromatic carbocycles. The smallest absolute Gasteiger partial charge is 0.119 e. The van der Waals surface area contributed by atoms with Crippen molar-refractivity contribution in [3.63, 3.8) is 0 Å². The number of aliphatic imine (C=N–C) groups is 1. The summed E-state index contributed by atoms with van der Waals surface area (Å²) in [5, 5.41) is 0. The number of nitrogens with zero attached hydrogens (tertiary/aromatic N) is 1. The van der Waals surface area contributed by atoms with Gasteiger partial charge in [0.2, 0.25) is 0 Å². The first-order valence-corrected chi connectivity index (χ1v) is 7.76. The number of hydrogen-bond donors (Lipinski definition) is 0. The van der Waals surface area contributed by atoms with Crippen LogP contribution in [0.5, 0.6) is 5.75 Å². The van der Waals surface area contributed by atoms with Gasteiger partial charge in [0.1, 0.15) is 5.75 Å². The van der Waals surface area contributed by atoms with E-state index in [0.717, 1.165) is 17.0 Å². The summed E-state index contributed by atoms with van der Waals surface area (Å²) in [5.41, 5.74) is 3.53. The zero-order valence-corrected chi connectivity index (χ0v) is 14.1. The van der Waals surface area contributed by atoms with Crippen LogP contribution in [0.15, 0.2) is 53.5 Å². The Balaban J connectivity index is 2.05. The fraction of sp³-hybridized carbons (Fsp3) is 0.350. The third-order valence-electron chi connectivity index (χ3n) is 3.35. The molecule has 0 aliphatic rings. The van der Waals surface area contributed by atoms with E-state index in [9.17, 15) is 0 Å². The van der Waals surface area contributed by atoms with Crippen LogP contribution in [0, 0.1) is 0 Å². The number of hydrogen-bond acceptors (Lipinski definition) is 2. The second kappa shape index (κ2) is 6.78. The highest BCUT2D eigenvalue weighted by Gasteiger charge is 2.12. The highest BCUT2D eigenvalue weighted by Crippen LogP contribution is 2.24. The summed E-state index contributed by atoms with van der Waals surface area (Å²) in [5.74, 6) is 0.890. The van der Waals surface area contributed by atoms with Crippen LogP contribution in [-0.2, 0) is 5.41 Å². The van der Waals surface area contributed by atoms with Crippen LogP contribution in [0.3, 0.4) is 0 Å². The van der Waals surface area contributed by atoms with Gasteiger partial charge >= 0.3 is 0 Å². The molecule has 0 N–H and O–H groups in total. The molecule has 2 aromatic rings. The molecule has 2 rings (SSSR count). The molecule has 0 atom stereocenters. The minimum atomic E-state index is 0.175.